The lowest BCUT2D eigenvalue weighted by atomic mass is 9.87. The van der Waals surface area contributed by atoms with Crippen LogP contribution < -0.4 is 19.7 Å². The van der Waals surface area contributed by atoms with E-state index in [1.54, 1.807) is 42.5 Å². The van der Waals surface area contributed by atoms with E-state index in [-0.39, 0.29) is 11.0 Å². The van der Waals surface area contributed by atoms with Crippen molar-refractivity contribution < 1.29 is 23.9 Å². The average molecular weight is 499 g/mol. The van der Waals surface area contributed by atoms with Crippen LogP contribution in [0.4, 0.5) is 10.5 Å². The van der Waals surface area contributed by atoms with E-state index in [1.165, 1.54) is 11.6 Å². The molecule has 0 unspecified atom stereocenters. The maximum atomic E-state index is 13.1. The highest BCUT2D eigenvalue weighted by atomic mass is 16.5. The lowest BCUT2D eigenvalue weighted by Crippen LogP contribution is -2.54. The highest BCUT2D eigenvalue weighted by molar-refractivity contribution is 6.39. The average Bonchev–Trinajstić information content (AvgIpc) is 2.84. The number of aryl methyl sites for hydroxylation is 1. The van der Waals surface area contributed by atoms with Crippen LogP contribution in [0.5, 0.6) is 11.5 Å². The third-order valence-electron chi connectivity index (χ3n) is 5.87. The molecule has 0 aromatic heterocycles. The monoisotopic (exact) mass is 498 g/mol. The summed E-state index contributed by atoms with van der Waals surface area (Å²) in [5.74, 6) is -0.0893. The van der Waals surface area contributed by atoms with Gasteiger partial charge in [-0.1, -0.05) is 57.2 Å². The summed E-state index contributed by atoms with van der Waals surface area (Å²) < 4.78 is 11.6. The SMILES string of the molecule is Cc1cccc(N2C(=O)NC(=O)/C(=C/c3cccc(OCCOc4ccc(C(C)(C)C)cc4)c3)C2=O)c1. The number of urea groups is 1. The largest absolute Gasteiger partial charge is 0.490 e. The van der Waals surface area contributed by atoms with Crippen LogP contribution in [-0.2, 0) is 15.0 Å². The Hall–Kier alpha value is -4.39. The van der Waals surface area contributed by atoms with Crippen LogP contribution in [0.3, 0.4) is 0 Å². The quantitative estimate of drug-likeness (QED) is 0.267. The molecule has 1 aliphatic heterocycles. The Labute approximate surface area is 216 Å². The van der Waals surface area contributed by atoms with Crippen LogP contribution >= 0.6 is 0 Å². The molecule has 1 heterocycles. The minimum atomic E-state index is -0.775. The van der Waals surface area contributed by atoms with E-state index in [2.05, 4.69) is 38.2 Å². The van der Waals surface area contributed by atoms with Crippen LogP contribution in [0, 0.1) is 6.92 Å². The topological polar surface area (TPSA) is 84.9 Å². The maximum Gasteiger partial charge on any atom is 0.335 e. The molecule has 3 aromatic rings. The van der Waals surface area contributed by atoms with Gasteiger partial charge < -0.3 is 9.47 Å². The summed E-state index contributed by atoms with van der Waals surface area (Å²) >= 11 is 0. The fraction of sp³-hybridized carbons (Fsp3) is 0.233. The Morgan fingerprint density at radius 3 is 2.19 bits per heavy atom. The van der Waals surface area contributed by atoms with Crippen LogP contribution in [0.1, 0.15) is 37.5 Å². The molecule has 1 fully saturated rings. The van der Waals surface area contributed by atoms with Crippen LogP contribution in [0.2, 0.25) is 0 Å². The fourth-order valence-electron chi connectivity index (χ4n) is 3.89. The molecule has 3 aromatic carbocycles. The van der Waals surface area contributed by atoms with Gasteiger partial charge in [0.05, 0.1) is 5.69 Å². The molecule has 0 saturated carbocycles. The molecule has 0 radical (unpaired) electrons. The van der Waals surface area contributed by atoms with Gasteiger partial charge in [-0.25, -0.2) is 9.69 Å². The fourth-order valence-corrected chi connectivity index (χ4v) is 3.89. The van der Waals surface area contributed by atoms with E-state index in [9.17, 15) is 14.4 Å². The zero-order chi connectivity index (χ0) is 26.6. The summed E-state index contributed by atoms with van der Waals surface area (Å²) in [6.45, 7) is 9.02. The van der Waals surface area contributed by atoms with Gasteiger partial charge in [0.25, 0.3) is 11.8 Å². The number of carbonyl (C=O) groups excluding carboxylic acids is 3. The summed E-state index contributed by atoms with van der Waals surface area (Å²) in [5, 5.41) is 2.24. The smallest absolute Gasteiger partial charge is 0.335 e. The van der Waals surface area contributed by atoms with Gasteiger partial charge in [0, 0.05) is 0 Å². The minimum Gasteiger partial charge on any atom is -0.490 e. The van der Waals surface area contributed by atoms with Crippen molar-refractivity contribution in [2.45, 2.75) is 33.1 Å². The third kappa shape index (κ3) is 6.25. The summed E-state index contributed by atoms with van der Waals surface area (Å²) in [6.07, 6.45) is 1.45. The minimum absolute atomic E-state index is 0.0826. The van der Waals surface area contributed by atoms with Gasteiger partial charge >= 0.3 is 6.03 Å². The predicted molar refractivity (Wildman–Crippen MR) is 143 cm³/mol. The molecule has 4 amide bonds. The number of anilines is 1. The first-order valence-electron chi connectivity index (χ1n) is 12.1. The molecule has 1 saturated heterocycles. The highest BCUT2D eigenvalue weighted by Crippen LogP contribution is 2.25. The number of hydrogen-bond acceptors (Lipinski definition) is 5. The van der Waals surface area contributed by atoms with Crippen LogP contribution in [-0.4, -0.2) is 31.1 Å². The van der Waals surface area contributed by atoms with Crippen LogP contribution in [0.15, 0.2) is 78.4 Å². The normalized spacial score (nSPS) is 15.1. The molecule has 4 rings (SSSR count). The van der Waals surface area contributed by atoms with E-state index in [4.69, 9.17) is 9.47 Å². The van der Waals surface area contributed by atoms with E-state index >= 15 is 0 Å². The number of nitrogens with zero attached hydrogens (tertiary/aromatic N) is 1. The zero-order valence-electron chi connectivity index (χ0n) is 21.4. The van der Waals surface area contributed by atoms with Gasteiger partial charge in [0.1, 0.15) is 30.3 Å². The number of rotatable bonds is 7. The van der Waals surface area contributed by atoms with Gasteiger partial charge in [0.15, 0.2) is 0 Å². The summed E-state index contributed by atoms with van der Waals surface area (Å²) in [7, 11) is 0. The van der Waals surface area contributed by atoms with E-state index in [0.29, 0.717) is 30.2 Å². The molecule has 7 nitrogen and oxygen atoms in total. The first-order valence-corrected chi connectivity index (χ1v) is 12.1. The summed E-state index contributed by atoms with van der Waals surface area (Å²) in [4.78, 5) is 38.9. The standard InChI is InChI=1S/C30H30N2O5/c1-20-7-5-9-23(17-20)32-28(34)26(27(33)31-29(32)35)19-21-8-6-10-25(18-21)37-16-15-36-24-13-11-22(12-14-24)30(2,3)4/h5-14,17-19H,15-16H2,1-4H3,(H,31,33,35)/b26-19-. The molecule has 0 atom stereocenters. The number of ether oxygens (including phenoxy) is 2. The van der Waals surface area contributed by atoms with Crippen molar-refractivity contribution in [3.63, 3.8) is 0 Å². The molecule has 1 aliphatic rings. The second-order valence-electron chi connectivity index (χ2n) is 9.84. The van der Waals surface area contributed by atoms with Gasteiger partial charge in [-0.3, -0.25) is 14.9 Å². The second kappa shape index (κ2) is 10.7. The first-order chi connectivity index (χ1) is 17.6. The molecule has 37 heavy (non-hydrogen) atoms. The summed E-state index contributed by atoms with van der Waals surface area (Å²) in [6, 6.07) is 21.2. The Balaban J connectivity index is 1.41. The zero-order valence-corrected chi connectivity index (χ0v) is 21.4. The number of amides is 4. The lowest BCUT2D eigenvalue weighted by Gasteiger charge is -2.26. The predicted octanol–water partition coefficient (Wildman–Crippen LogP) is 5.42. The highest BCUT2D eigenvalue weighted by Gasteiger charge is 2.36. The molecule has 190 valence electrons. The Morgan fingerprint density at radius 2 is 1.51 bits per heavy atom. The molecular formula is C30H30N2O5. The number of imide groups is 2. The molecule has 0 bridgehead atoms. The first kappa shape index (κ1) is 25.7. The molecular weight excluding hydrogens is 468 g/mol. The second-order valence-corrected chi connectivity index (χ2v) is 9.84. The Kier molecular flexibility index (Phi) is 7.43. The van der Waals surface area contributed by atoms with E-state index in [1.807, 2.05) is 25.1 Å². The van der Waals surface area contributed by atoms with Gasteiger partial charge in [0.2, 0.25) is 0 Å². The molecule has 1 N–H and O–H groups in total. The number of barbiturate groups is 1. The number of nitrogens with one attached hydrogen (secondary N) is 1. The van der Waals surface area contributed by atoms with Gasteiger partial charge in [-0.2, -0.15) is 0 Å². The van der Waals surface area contributed by atoms with Crippen molar-refractivity contribution in [2.24, 2.45) is 0 Å². The van der Waals surface area contributed by atoms with Crippen molar-refractivity contribution in [3.05, 3.63) is 95.1 Å². The van der Waals surface area contributed by atoms with Crippen molar-refractivity contribution in [2.75, 3.05) is 18.1 Å². The van der Waals surface area contributed by atoms with Crippen molar-refractivity contribution in [1.82, 2.24) is 5.32 Å². The summed E-state index contributed by atoms with van der Waals surface area (Å²) in [5.41, 5.74) is 3.05. The number of hydrogen-bond donors (Lipinski definition) is 1. The van der Waals surface area contributed by atoms with Crippen molar-refractivity contribution in [3.8, 4) is 11.5 Å². The van der Waals surface area contributed by atoms with Gasteiger partial charge in [-0.05, 0) is 71.5 Å². The number of carbonyl (C=O) groups is 3. The van der Waals surface area contributed by atoms with Gasteiger partial charge in [-0.15, -0.1) is 0 Å². The number of benzene rings is 3. The molecule has 7 heteroatoms. The van der Waals surface area contributed by atoms with E-state index < -0.39 is 17.8 Å². The van der Waals surface area contributed by atoms with E-state index in [0.717, 1.165) is 16.2 Å². The molecule has 0 aliphatic carbocycles. The third-order valence-corrected chi connectivity index (χ3v) is 5.87. The van der Waals surface area contributed by atoms with Crippen molar-refractivity contribution >= 4 is 29.6 Å². The maximum absolute atomic E-state index is 13.1. The Morgan fingerprint density at radius 1 is 0.838 bits per heavy atom. The Bertz CT molecular complexity index is 1350. The van der Waals surface area contributed by atoms with Crippen molar-refractivity contribution in [1.29, 1.82) is 0 Å². The molecule has 0 spiro atoms. The lowest BCUT2D eigenvalue weighted by molar-refractivity contribution is -0.122. The van der Waals surface area contributed by atoms with Crippen LogP contribution in [0.25, 0.3) is 6.08 Å².